The first-order valence-corrected chi connectivity index (χ1v) is 14.4. The zero-order valence-electron chi connectivity index (χ0n) is 25.6. The van der Waals surface area contributed by atoms with Crippen molar-refractivity contribution < 1.29 is 48.9 Å². The number of carbonyl (C=O) groups excluding carboxylic acids is 1. The van der Waals surface area contributed by atoms with Gasteiger partial charge in [-0.15, -0.1) is 0 Å². The Morgan fingerprint density at radius 3 is 2.54 bits per heavy atom. The van der Waals surface area contributed by atoms with Crippen LogP contribution in [0.15, 0.2) is 54.7 Å². The summed E-state index contributed by atoms with van der Waals surface area (Å²) in [5, 5.41) is 11.8. The summed E-state index contributed by atoms with van der Waals surface area (Å²) in [6.07, 6.45) is 5.68. The molecule has 5 rings (SSSR count). The van der Waals surface area contributed by atoms with Crippen LogP contribution in [0.25, 0.3) is 11.1 Å². The maximum absolute atomic E-state index is 11.8. The zero-order chi connectivity index (χ0) is 28.6. The molecular weight excluding hydrogens is 523 g/mol. The van der Waals surface area contributed by atoms with Crippen molar-refractivity contribution in [3.05, 3.63) is 77.0 Å². The van der Waals surface area contributed by atoms with Crippen molar-refractivity contribution in [3.8, 4) is 22.8 Å². The first kappa shape index (κ1) is 31.6. The van der Waals surface area contributed by atoms with E-state index in [1.165, 1.54) is 11.1 Å². The van der Waals surface area contributed by atoms with E-state index >= 15 is 0 Å². The van der Waals surface area contributed by atoms with Crippen LogP contribution in [0.5, 0.6) is 11.6 Å². The average Bonchev–Trinajstić information content (AvgIpc) is 3.77. The van der Waals surface area contributed by atoms with E-state index in [0.29, 0.717) is 11.8 Å². The van der Waals surface area contributed by atoms with E-state index in [9.17, 15) is 9.90 Å². The number of pyridine rings is 1. The van der Waals surface area contributed by atoms with Gasteiger partial charge in [0.15, 0.2) is 0 Å². The van der Waals surface area contributed by atoms with Gasteiger partial charge in [0.25, 0.3) is 0 Å². The van der Waals surface area contributed by atoms with E-state index < -0.39 is 11.9 Å². The molecule has 0 spiro atoms. The Hall–Kier alpha value is -2.38. The van der Waals surface area contributed by atoms with Crippen LogP contribution in [0.2, 0.25) is 0 Å². The molecule has 41 heavy (non-hydrogen) atoms. The molecule has 2 aromatic carbocycles. The van der Waals surface area contributed by atoms with Crippen molar-refractivity contribution >= 4 is 5.97 Å². The summed E-state index contributed by atoms with van der Waals surface area (Å²) in [5.41, 5.74) is 6.85. The first-order valence-electron chi connectivity index (χ1n) is 14.4. The Balaban J connectivity index is 0.00000387. The molecule has 212 valence electrons. The van der Waals surface area contributed by atoms with Crippen LogP contribution < -0.4 is 44.1 Å². The molecule has 6 nitrogen and oxygen atoms in total. The number of aryl methyl sites for hydroxylation is 1. The summed E-state index contributed by atoms with van der Waals surface area (Å²) < 4.78 is 12.1. The molecule has 3 atom stereocenters. The number of hydrogen-bond donors (Lipinski definition) is 0. The Labute approximate surface area is 266 Å². The van der Waals surface area contributed by atoms with E-state index in [2.05, 4.69) is 74.1 Å². The molecule has 0 radical (unpaired) electrons. The van der Waals surface area contributed by atoms with E-state index in [1.54, 1.807) is 20.2 Å². The molecule has 7 heteroatoms. The number of hydrogen-bond acceptors (Lipinski definition) is 6. The van der Waals surface area contributed by atoms with E-state index in [-0.39, 0.29) is 47.1 Å². The van der Waals surface area contributed by atoms with Gasteiger partial charge in [0.2, 0.25) is 5.88 Å². The minimum atomic E-state index is -0.979. The summed E-state index contributed by atoms with van der Waals surface area (Å²) in [7, 11) is 3.79. The molecule has 2 heterocycles. The van der Waals surface area contributed by atoms with Gasteiger partial charge in [-0.3, -0.25) is 4.90 Å². The van der Waals surface area contributed by atoms with Gasteiger partial charge in [0.05, 0.1) is 7.11 Å². The van der Waals surface area contributed by atoms with Crippen LogP contribution in [0.1, 0.15) is 81.2 Å². The monoisotopic (exact) mass is 564 g/mol. The number of methoxy groups -OCH3 is 1. The Morgan fingerprint density at radius 1 is 1.12 bits per heavy atom. The summed E-state index contributed by atoms with van der Waals surface area (Å²) in [6, 6.07) is 17.0. The number of aromatic nitrogens is 1. The number of fused-ring (bicyclic) bond motifs is 1. The third-order valence-electron chi connectivity index (χ3n) is 8.77. The largest absolute Gasteiger partial charge is 1.00 e. The molecule has 0 amide bonds. The molecule has 3 aromatic rings. The summed E-state index contributed by atoms with van der Waals surface area (Å²) in [5.74, 6) is 0.348. The van der Waals surface area contributed by atoms with E-state index in [4.69, 9.17) is 9.47 Å². The smallest absolute Gasteiger partial charge is 0.550 e. The molecule has 0 bridgehead atoms. The van der Waals surface area contributed by atoms with Gasteiger partial charge in [-0.2, -0.15) is 0 Å². The van der Waals surface area contributed by atoms with Gasteiger partial charge in [-0.05, 0) is 111 Å². The molecule has 1 saturated carbocycles. The fraction of sp³-hybridized carbons (Fsp3) is 0.471. The maximum atomic E-state index is 11.8. The Morgan fingerprint density at radius 2 is 1.88 bits per heavy atom. The predicted octanol–water partition coefficient (Wildman–Crippen LogP) is 2.94. The van der Waals surface area contributed by atoms with E-state index in [1.807, 2.05) is 12.1 Å². The second-order valence-corrected chi connectivity index (χ2v) is 12.5. The van der Waals surface area contributed by atoms with Gasteiger partial charge < -0.3 is 19.4 Å². The number of rotatable bonds is 9. The second kappa shape index (κ2) is 12.9. The number of carboxylic acid groups (broad SMARTS) is 1. The van der Waals surface area contributed by atoms with Gasteiger partial charge in [-0.25, -0.2) is 4.98 Å². The Kier molecular flexibility index (Phi) is 9.90. The van der Waals surface area contributed by atoms with Crippen molar-refractivity contribution in [2.75, 3.05) is 14.2 Å². The maximum Gasteiger partial charge on any atom is 1.00 e. The fourth-order valence-corrected chi connectivity index (χ4v) is 5.81. The third-order valence-corrected chi connectivity index (χ3v) is 8.77. The van der Waals surface area contributed by atoms with Crippen molar-refractivity contribution in [1.29, 1.82) is 0 Å². The average molecular weight is 565 g/mol. The van der Waals surface area contributed by atoms with Crippen molar-refractivity contribution in [1.82, 2.24) is 9.88 Å². The molecule has 0 saturated heterocycles. The molecule has 1 aromatic heterocycles. The molecule has 1 unspecified atom stereocenters. The van der Waals surface area contributed by atoms with Crippen molar-refractivity contribution in [2.45, 2.75) is 77.5 Å². The molecule has 1 aliphatic carbocycles. The number of benzene rings is 2. The van der Waals surface area contributed by atoms with Crippen LogP contribution in [-0.2, 0) is 17.8 Å². The van der Waals surface area contributed by atoms with Crippen LogP contribution in [0.4, 0.5) is 0 Å². The molecule has 2 aliphatic rings. The number of carbonyl (C=O) groups is 1. The number of ether oxygens (including phenoxy) is 2. The van der Waals surface area contributed by atoms with Crippen LogP contribution in [0.3, 0.4) is 0 Å². The second-order valence-electron chi connectivity index (χ2n) is 12.5. The summed E-state index contributed by atoms with van der Waals surface area (Å²) in [4.78, 5) is 18.4. The number of nitrogens with zero attached hydrogens (tertiary/aromatic N) is 2. The molecule has 1 aliphatic heterocycles. The standard InChI is InChI=1S/C34H42N2O4.Na/c1-21(33(37)38)32(23-8-9-23)26-10-7-22-12-14-29(40-30(22)18-26)25-11-13-28(24-15-16-35-31(19-24)39-6)27(17-25)20-36(5)34(2,3)4;/h7,10-11,13,15-19,21,23,29,32H,8-9,12,14,20H2,1-6H3,(H,37,38);/q;+1/p-1/t21-,29?,32-;/m0./s1. The van der Waals surface area contributed by atoms with Gasteiger partial charge >= 0.3 is 29.6 Å². The normalized spacial score (nSPS) is 18.1. The Bertz CT molecular complexity index is 1380. The number of aliphatic carboxylic acids is 1. The number of carboxylic acids is 1. The van der Waals surface area contributed by atoms with Gasteiger partial charge in [0, 0.05) is 36.2 Å². The van der Waals surface area contributed by atoms with Gasteiger partial charge in [0.1, 0.15) is 11.9 Å². The van der Waals surface area contributed by atoms with E-state index in [0.717, 1.165) is 60.2 Å². The minimum Gasteiger partial charge on any atom is -0.550 e. The first-order chi connectivity index (χ1) is 19.0. The van der Waals surface area contributed by atoms with Crippen molar-refractivity contribution in [3.63, 3.8) is 0 Å². The van der Waals surface area contributed by atoms with Crippen LogP contribution >= 0.6 is 0 Å². The third kappa shape index (κ3) is 7.16. The van der Waals surface area contributed by atoms with Gasteiger partial charge in [-0.1, -0.05) is 37.3 Å². The topological polar surface area (TPSA) is 74.7 Å². The molecular formula is C34H41N2NaO4. The summed E-state index contributed by atoms with van der Waals surface area (Å²) >= 11 is 0. The van der Waals surface area contributed by atoms with Crippen molar-refractivity contribution in [2.24, 2.45) is 11.8 Å². The predicted molar refractivity (Wildman–Crippen MR) is 155 cm³/mol. The zero-order valence-corrected chi connectivity index (χ0v) is 27.6. The fourth-order valence-electron chi connectivity index (χ4n) is 5.81. The molecule has 0 N–H and O–H groups in total. The quantitative estimate of drug-likeness (QED) is 0.372. The summed E-state index contributed by atoms with van der Waals surface area (Å²) in [6.45, 7) is 9.23. The molecule has 1 fully saturated rings. The minimum absolute atomic E-state index is 0. The SMILES string of the molecule is COc1cc(-c2ccc(C3CCc4ccc([C@H](C5CC5)[C@H](C)C(=O)[O-])cc4O3)cc2CN(C)C(C)(C)C)ccn1.[Na+]. The van der Waals surface area contributed by atoms with Crippen LogP contribution in [0, 0.1) is 11.8 Å². The van der Waals surface area contributed by atoms with Crippen LogP contribution in [-0.4, -0.2) is 35.5 Å².